The van der Waals surface area contributed by atoms with Crippen molar-refractivity contribution in [1.29, 1.82) is 0 Å². The Hall–Kier alpha value is -0.0800. The Kier molecular flexibility index (Phi) is 8.20. The zero-order chi connectivity index (χ0) is 11.0. The van der Waals surface area contributed by atoms with Gasteiger partial charge in [-0.3, -0.25) is 0 Å². The van der Waals surface area contributed by atoms with Crippen molar-refractivity contribution in [1.82, 2.24) is 5.06 Å². The largest absolute Gasteiger partial charge is 0.314 e. The van der Waals surface area contributed by atoms with E-state index in [9.17, 15) is 5.21 Å². The van der Waals surface area contributed by atoms with Crippen LogP contribution in [0.25, 0.3) is 0 Å². The minimum atomic E-state index is 0.414. The van der Waals surface area contributed by atoms with E-state index in [1.807, 2.05) is 13.8 Å². The van der Waals surface area contributed by atoms with Crippen LogP contribution in [0.3, 0.4) is 0 Å². The van der Waals surface area contributed by atoms with Gasteiger partial charge in [0.15, 0.2) is 0 Å². The van der Waals surface area contributed by atoms with Crippen molar-refractivity contribution in [2.45, 2.75) is 65.8 Å². The number of nitrogens with zero attached hydrogens (tertiary/aromatic N) is 1. The Morgan fingerprint density at radius 1 is 1.29 bits per heavy atom. The van der Waals surface area contributed by atoms with E-state index in [0.29, 0.717) is 12.0 Å². The minimum Gasteiger partial charge on any atom is -0.314 e. The maximum atomic E-state index is 9.68. The highest BCUT2D eigenvalue weighted by atomic mass is 16.5. The molecule has 2 heteroatoms. The van der Waals surface area contributed by atoms with Crippen LogP contribution in [0.5, 0.6) is 0 Å². The molecule has 0 bridgehead atoms. The van der Waals surface area contributed by atoms with Crippen molar-refractivity contribution in [3.8, 4) is 0 Å². The first-order valence-corrected chi connectivity index (χ1v) is 6.21. The van der Waals surface area contributed by atoms with Gasteiger partial charge >= 0.3 is 0 Å². The highest BCUT2D eigenvalue weighted by Gasteiger charge is 2.24. The third-order valence-corrected chi connectivity index (χ3v) is 2.92. The van der Waals surface area contributed by atoms with Crippen LogP contribution in [-0.4, -0.2) is 22.9 Å². The van der Waals surface area contributed by atoms with Crippen LogP contribution in [0.2, 0.25) is 0 Å². The first-order valence-electron chi connectivity index (χ1n) is 6.21. The molecule has 2 nitrogen and oxygen atoms in total. The molecule has 0 saturated carbocycles. The maximum Gasteiger partial charge on any atom is 0.0375 e. The lowest BCUT2D eigenvalue weighted by atomic mass is 9.94. The van der Waals surface area contributed by atoms with E-state index in [1.165, 1.54) is 19.3 Å². The molecule has 0 radical (unpaired) electrons. The van der Waals surface area contributed by atoms with E-state index in [1.54, 1.807) is 5.06 Å². The standard InChI is InChI=1S/C10H21NO.C2H6/c1-3-6-10-9(2)7-4-5-8-11(10)12;1-2/h9-10,12H,3-8H2,1-2H3;1-2H3. The van der Waals surface area contributed by atoms with E-state index in [2.05, 4.69) is 13.8 Å². The van der Waals surface area contributed by atoms with Gasteiger partial charge in [0.1, 0.15) is 0 Å². The second-order valence-corrected chi connectivity index (χ2v) is 3.99. The topological polar surface area (TPSA) is 23.5 Å². The predicted octanol–water partition coefficient (Wildman–Crippen LogP) is 3.69. The zero-order valence-corrected chi connectivity index (χ0v) is 10.3. The van der Waals surface area contributed by atoms with E-state index in [0.717, 1.165) is 19.4 Å². The van der Waals surface area contributed by atoms with Crippen molar-refractivity contribution in [3.63, 3.8) is 0 Å². The summed E-state index contributed by atoms with van der Waals surface area (Å²) < 4.78 is 0. The van der Waals surface area contributed by atoms with Gasteiger partial charge in [0.2, 0.25) is 0 Å². The van der Waals surface area contributed by atoms with Crippen LogP contribution in [0.1, 0.15) is 59.8 Å². The molecule has 0 aromatic heterocycles. The molecule has 1 heterocycles. The summed E-state index contributed by atoms with van der Waals surface area (Å²) in [5.74, 6) is 0.664. The summed E-state index contributed by atoms with van der Waals surface area (Å²) >= 11 is 0. The average Bonchev–Trinajstić information content (AvgIpc) is 2.36. The van der Waals surface area contributed by atoms with Crippen LogP contribution < -0.4 is 0 Å². The molecule has 1 N–H and O–H groups in total. The number of rotatable bonds is 2. The summed E-state index contributed by atoms with van der Waals surface area (Å²) in [6.45, 7) is 9.31. The smallest absolute Gasteiger partial charge is 0.0375 e. The third kappa shape index (κ3) is 4.43. The van der Waals surface area contributed by atoms with Gasteiger partial charge in [0, 0.05) is 12.6 Å². The molecule has 0 amide bonds. The van der Waals surface area contributed by atoms with E-state index >= 15 is 0 Å². The van der Waals surface area contributed by atoms with Gasteiger partial charge in [0.25, 0.3) is 0 Å². The Morgan fingerprint density at radius 3 is 2.50 bits per heavy atom. The molecule has 2 atom stereocenters. The summed E-state index contributed by atoms with van der Waals surface area (Å²) in [7, 11) is 0. The van der Waals surface area contributed by atoms with Crippen LogP contribution in [0.15, 0.2) is 0 Å². The van der Waals surface area contributed by atoms with Gasteiger partial charge < -0.3 is 5.21 Å². The Labute approximate surface area is 89.3 Å². The van der Waals surface area contributed by atoms with Crippen LogP contribution in [0, 0.1) is 5.92 Å². The average molecular weight is 201 g/mol. The molecule has 1 saturated heterocycles. The predicted molar refractivity (Wildman–Crippen MR) is 61.6 cm³/mol. The Balaban J connectivity index is 0.000000791. The molecule has 1 aliphatic rings. The fourth-order valence-electron chi connectivity index (χ4n) is 2.12. The van der Waals surface area contributed by atoms with Gasteiger partial charge in [-0.15, -0.1) is 0 Å². The maximum absolute atomic E-state index is 9.68. The summed E-state index contributed by atoms with van der Waals surface area (Å²) in [6, 6.07) is 0.414. The van der Waals surface area contributed by atoms with E-state index < -0.39 is 0 Å². The monoisotopic (exact) mass is 201 g/mol. The second-order valence-electron chi connectivity index (χ2n) is 3.99. The fourth-order valence-corrected chi connectivity index (χ4v) is 2.12. The highest BCUT2D eigenvalue weighted by Crippen LogP contribution is 2.24. The molecular weight excluding hydrogens is 174 g/mol. The van der Waals surface area contributed by atoms with Crippen LogP contribution in [0.4, 0.5) is 0 Å². The van der Waals surface area contributed by atoms with E-state index in [4.69, 9.17) is 0 Å². The van der Waals surface area contributed by atoms with Crippen molar-refractivity contribution < 1.29 is 5.21 Å². The molecule has 0 aliphatic carbocycles. The molecule has 1 fully saturated rings. The Bertz CT molecular complexity index is 115. The number of hydrogen-bond acceptors (Lipinski definition) is 2. The third-order valence-electron chi connectivity index (χ3n) is 2.92. The van der Waals surface area contributed by atoms with Crippen molar-refractivity contribution >= 4 is 0 Å². The molecule has 1 aliphatic heterocycles. The normalized spacial score (nSPS) is 28.9. The molecule has 14 heavy (non-hydrogen) atoms. The Morgan fingerprint density at radius 2 is 1.93 bits per heavy atom. The lowest BCUT2D eigenvalue weighted by Gasteiger charge is -2.27. The van der Waals surface area contributed by atoms with Gasteiger partial charge in [-0.25, -0.2) is 0 Å². The summed E-state index contributed by atoms with van der Waals surface area (Å²) in [5, 5.41) is 11.3. The minimum absolute atomic E-state index is 0.414. The van der Waals surface area contributed by atoms with E-state index in [-0.39, 0.29) is 0 Å². The first-order chi connectivity index (χ1) is 6.75. The summed E-state index contributed by atoms with van der Waals surface area (Å²) in [5.41, 5.74) is 0. The second kappa shape index (κ2) is 8.25. The number of hydroxylamine groups is 2. The summed E-state index contributed by atoms with van der Waals surface area (Å²) in [4.78, 5) is 0. The SMILES string of the molecule is CC.CCCC1C(C)CCCCN1O. The van der Waals surface area contributed by atoms with Crippen molar-refractivity contribution in [2.75, 3.05) is 6.54 Å². The number of hydrogen-bond donors (Lipinski definition) is 1. The lowest BCUT2D eigenvalue weighted by molar-refractivity contribution is -0.137. The fraction of sp³-hybridized carbons (Fsp3) is 1.00. The first kappa shape index (κ1) is 13.9. The summed E-state index contributed by atoms with van der Waals surface area (Å²) in [6.07, 6.45) is 6.02. The molecule has 86 valence electrons. The van der Waals surface area contributed by atoms with Crippen LogP contribution in [-0.2, 0) is 0 Å². The molecule has 0 aromatic carbocycles. The molecule has 2 unspecified atom stereocenters. The molecular formula is C12H27NO. The lowest BCUT2D eigenvalue weighted by Crippen LogP contribution is -2.36. The molecule has 0 spiro atoms. The van der Waals surface area contributed by atoms with Gasteiger partial charge in [-0.1, -0.05) is 40.5 Å². The van der Waals surface area contributed by atoms with Gasteiger partial charge in [0.05, 0.1) is 0 Å². The highest BCUT2D eigenvalue weighted by molar-refractivity contribution is 4.75. The van der Waals surface area contributed by atoms with Gasteiger partial charge in [-0.05, 0) is 25.2 Å². The van der Waals surface area contributed by atoms with Crippen molar-refractivity contribution in [3.05, 3.63) is 0 Å². The van der Waals surface area contributed by atoms with Crippen LogP contribution >= 0.6 is 0 Å². The molecule has 0 aromatic rings. The zero-order valence-electron chi connectivity index (χ0n) is 10.3. The van der Waals surface area contributed by atoms with Gasteiger partial charge in [-0.2, -0.15) is 5.06 Å². The van der Waals surface area contributed by atoms with Crippen molar-refractivity contribution in [2.24, 2.45) is 5.92 Å². The molecule has 1 rings (SSSR count). The quantitative estimate of drug-likeness (QED) is 0.736.